The summed E-state index contributed by atoms with van der Waals surface area (Å²) < 4.78 is 0. The van der Waals surface area contributed by atoms with Crippen LogP contribution in [-0.4, -0.2) is 54.3 Å². The summed E-state index contributed by atoms with van der Waals surface area (Å²) in [5.74, 6) is 0.115. The van der Waals surface area contributed by atoms with E-state index in [0.717, 1.165) is 23.5 Å². The summed E-state index contributed by atoms with van der Waals surface area (Å²) in [6.45, 7) is 4.81. The van der Waals surface area contributed by atoms with Gasteiger partial charge < -0.3 is 10.2 Å². The predicted octanol–water partition coefficient (Wildman–Crippen LogP) is 2.12. The lowest BCUT2D eigenvalue weighted by Gasteiger charge is -2.34. The lowest BCUT2D eigenvalue weighted by atomic mass is 10.1. The summed E-state index contributed by atoms with van der Waals surface area (Å²) in [6, 6.07) is 14.0. The Morgan fingerprint density at radius 1 is 1.08 bits per heavy atom. The van der Waals surface area contributed by atoms with Crippen molar-refractivity contribution in [1.82, 2.24) is 15.1 Å². The number of nitrogens with zero attached hydrogens (tertiary/aromatic N) is 2. The molecule has 5 nitrogen and oxygen atoms in total. The fraction of sp³-hybridized carbons (Fsp3) is 0.368. The van der Waals surface area contributed by atoms with Crippen LogP contribution in [0.15, 0.2) is 47.8 Å². The van der Waals surface area contributed by atoms with Gasteiger partial charge in [-0.05, 0) is 17.0 Å². The maximum absolute atomic E-state index is 12.6. The molecule has 1 fully saturated rings. The number of hydrogen-bond acceptors (Lipinski definition) is 4. The smallest absolute Gasteiger partial charge is 0.234 e. The van der Waals surface area contributed by atoms with Crippen LogP contribution >= 0.6 is 11.3 Å². The summed E-state index contributed by atoms with van der Waals surface area (Å²) in [7, 11) is 0. The van der Waals surface area contributed by atoms with Gasteiger partial charge in [0.2, 0.25) is 11.8 Å². The maximum Gasteiger partial charge on any atom is 0.234 e. The second-order valence-electron chi connectivity index (χ2n) is 6.21. The third kappa shape index (κ3) is 4.67. The van der Waals surface area contributed by atoms with Gasteiger partial charge in [-0.1, -0.05) is 36.4 Å². The number of amides is 2. The molecule has 1 N–H and O–H groups in total. The normalized spacial score (nSPS) is 16.4. The van der Waals surface area contributed by atoms with Crippen LogP contribution in [0.5, 0.6) is 0 Å². The lowest BCUT2D eigenvalue weighted by molar-refractivity contribution is -0.131. The molecule has 0 bridgehead atoms. The first kappa shape index (κ1) is 17.6. The largest absolute Gasteiger partial charge is 0.343 e. The first-order chi connectivity index (χ1) is 12.1. The number of benzene rings is 1. The van der Waals surface area contributed by atoms with E-state index >= 15 is 0 Å². The molecule has 0 radical (unpaired) electrons. The lowest BCUT2D eigenvalue weighted by Crippen LogP contribution is -2.50. The zero-order valence-corrected chi connectivity index (χ0v) is 15.2. The number of carbonyl (C=O) groups excluding carboxylic acids is 2. The molecule has 0 unspecified atom stereocenters. The molecule has 0 spiro atoms. The molecule has 1 aromatic heterocycles. The molecule has 132 valence electrons. The molecule has 1 aliphatic rings. The second-order valence-corrected chi connectivity index (χ2v) is 7.19. The molecule has 0 saturated carbocycles. The van der Waals surface area contributed by atoms with Crippen molar-refractivity contribution in [1.29, 1.82) is 0 Å². The molecular weight excluding hydrogens is 334 g/mol. The van der Waals surface area contributed by atoms with Crippen LogP contribution in [0.1, 0.15) is 23.4 Å². The Morgan fingerprint density at radius 2 is 1.80 bits per heavy atom. The Bertz CT molecular complexity index is 695. The fourth-order valence-corrected chi connectivity index (χ4v) is 3.85. The first-order valence-electron chi connectivity index (χ1n) is 8.49. The zero-order valence-electron chi connectivity index (χ0n) is 14.4. The Labute approximate surface area is 152 Å². The van der Waals surface area contributed by atoms with Crippen LogP contribution in [0.4, 0.5) is 0 Å². The van der Waals surface area contributed by atoms with E-state index in [-0.39, 0.29) is 17.9 Å². The Kier molecular flexibility index (Phi) is 5.83. The van der Waals surface area contributed by atoms with Crippen LogP contribution in [0.3, 0.4) is 0 Å². The topological polar surface area (TPSA) is 52.7 Å². The molecule has 2 aromatic rings. The number of hydrogen-bond donors (Lipinski definition) is 1. The van der Waals surface area contributed by atoms with Crippen molar-refractivity contribution in [2.24, 2.45) is 0 Å². The van der Waals surface area contributed by atoms with Crippen LogP contribution in [0, 0.1) is 0 Å². The van der Waals surface area contributed by atoms with E-state index in [1.807, 2.05) is 52.7 Å². The van der Waals surface area contributed by atoms with Crippen LogP contribution in [0.25, 0.3) is 0 Å². The van der Waals surface area contributed by atoms with Gasteiger partial charge in [0.05, 0.1) is 12.6 Å². The van der Waals surface area contributed by atoms with Crippen molar-refractivity contribution in [3.8, 4) is 0 Å². The van der Waals surface area contributed by atoms with Gasteiger partial charge in [0.15, 0.2) is 0 Å². The highest BCUT2D eigenvalue weighted by molar-refractivity contribution is 7.10. The minimum absolute atomic E-state index is 0.0125. The minimum atomic E-state index is -0.118. The molecule has 1 aliphatic heterocycles. The van der Waals surface area contributed by atoms with Gasteiger partial charge in [0, 0.05) is 38.0 Å². The average molecular weight is 357 g/mol. The van der Waals surface area contributed by atoms with Gasteiger partial charge in [-0.25, -0.2) is 0 Å². The van der Waals surface area contributed by atoms with Gasteiger partial charge >= 0.3 is 0 Å². The first-order valence-corrected chi connectivity index (χ1v) is 9.37. The highest BCUT2D eigenvalue weighted by atomic mass is 32.1. The van der Waals surface area contributed by atoms with Crippen LogP contribution in [-0.2, 0) is 9.59 Å². The predicted molar refractivity (Wildman–Crippen MR) is 99.4 cm³/mol. The Balaban J connectivity index is 1.61. The van der Waals surface area contributed by atoms with E-state index in [1.54, 1.807) is 18.3 Å². The zero-order chi connectivity index (χ0) is 17.6. The standard InChI is InChI=1S/C19H23N3O2S/c1-15(23)22-11-9-21(10-12-22)14-18(24)20-19(17-8-5-13-25-17)16-6-3-2-4-7-16/h2-8,13,19H,9-12,14H2,1H3,(H,20,24)/t19-/m1/s1. The van der Waals surface area contributed by atoms with Gasteiger partial charge in [-0.2, -0.15) is 0 Å². The molecule has 1 aromatic carbocycles. The maximum atomic E-state index is 12.6. The fourth-order valence-electron chi connectivity index (χ4n) is 3.05. The van der Waals surface area contributed by atoms with Gasteiger partial charge in [-0.15, -0.1) is 11.3 Å². The number of piperazine rings is 1. The molecule has 3 rings (SSSR count). The highest BCUT2D eigenvalue weighted by Crippen LogP contribution is 2.25. The third-order valence-electron chi connectivity index (χ3n) is 4.45. The Hall–Kier alpha value is -2.18. The van der Waals surface area contributed by atoms with Crippen molar-refractivity contribution in [3.63, 3.8) is 0 Å². The molecule has 25 heavy (non-hydrogen) atoms. The van der Waals surface area contributed by atoms with Gasteiger partial charge in [0.25, 0.3) is 0 Å². The number of rotatable bonds is 5. The molecule has 6 heteroatoms. The van der Waals surface area contributed by atoms with E-state index in [2.05, 4.69) is 10.2 Å². The molecule has 0 aliphatic carbocycles. The van der Waals surface area contributed by atoms with Crippen molar-refractivity contribution in [2.45, 2.75) is 13.0 Å². The van der Waals surface area contributed by atoms with Crippen molar-refractivity contribution >= 4 is 23.2 Å². The summed E-state index contributed by atoms with van der Waals surface area (Å²) in [5, 5.41) is 5.19. The van der Waals surface area contributed by atoms with Gasteiger partial charge in [0.1, 0.15) is 0 Å². The van der Waals surface area contributed by atoms with E-state index in [1.165, 1.54) is 0 Å². The SMILES string of the molecule is CC(=O)N1CCN(CC(=O)N[C@H](c2ccccc2)c2cccs2)CC1. The number of carbonyl (C=O) groups is 2. The summed E-state index contributed by atoms with van der Waals surface area (Å²) in [6.07, 6.45) is 0. The van der Waals surface area contributed by atoms with E-state index in [9.17, 15) is 9.59 Å². The third-order valence-corrected chi connectivity index (χ3v) is 5.39. The van der Waals surface area contributed by atoms with Crippen molar-refractivity contribution < 1.29 is 9.59 Å². The van der Waals surface area contributed by atoms with Gasteiger partial charge in [-0.3, -0.25) is 14.5 Å². The monoisotopic (exact) mass is 357 g/mol. The molecule has 1 atom stereocenters. The van der Waals surface area contributed by atoms with E-state index in [4.69, 9.17) is 0 Å². The second kappa shape index (κ2) is 8.27. The molecule has 2 amide bonds. The van der Waals surface area contributed by atoms with Crippen molar-refractivity contribution in [3.05, 3.63) is 58.3 Å². The quantitative estimate of drug-likeness (QED) is 0.892. The summed E-state index contributed by atoms with van der Waals surface area (Å²) in [5.41, 5.74) is 1.08. The van der Waals surface area contributed by atoms with E-state index < -0.39 is 0 Å². The van der Waals surface area contributed by atoms with E-state index in [0.29, 0.717) is 19.6 Å². The Morgan fingerprint density at radius 3 is 2.40 bits per heavy atom. The number of nitrogens with one attached hydrogen (secondary N) is 1. The van der Waals surface area contributed by atoms with Crippen LogP contribution in [0.2, 0.25) is 0 Å². The number of thiophene rings is 1. The minimum Gasteiger partial charge on any atom is -0.343 e. The van der Waals surface area contributed by atoms with Crippen molar-refractivity contribution in [2.75, 3.05) is 32.7 Å². The highest BCUT2D eigenvalue weighted by Gasteiger charge is 2.22. The van der Waals surface area contributed by atoms with Crippen LogP contribution < -0.4 is 5.32 Å². The average Bonchev–Trinajstić information content (AvgIpc) is 3.15. The summed E-state index contributed by atoms with van der Waals surface area (Å²) in [4.78, 5) is 29.0. The summed E-state index contributed by atoms with van der Waals surface area (Å²) >= 11 is 1.64. The molecular formula is C19H23N3O2S. The molecule has 1 saturated heterocycles. The molecule has 2 heterocycles.